The monoisotopic (exact) mass is 457 g/mol. The molecule has 3 rings (SSSR count). The highest BCUT2D eigenvalue weighted by Crippen LogP contribution is 2.15. The Bertz CT molecular complexity index is 1200. The Kier molecular flexibility index (Phi) is 6.91. The van der Waals surface area contributed by atoms with Gasteiger partial charge in [0.05, 0.1) is 24.2 Å². The van der Waals surface area contributed by atoms with Gasteiger partial charge in [-0.05, 0) is 49.4 Å². The third-order valence-electron chi connectivity index (χ3n) is 4.57. The molecule has 32 heavy (non-hydrogen) atoms. The van der Waals surface area contributed by atoms with Crippen LogP contribution in [0.15, 0.2) is 65.7 Å². The predicted molar refractivity (Wildman–Crippen MR) is 117 cm³/mol. The normalized spacial score (nSPS) is 11.2. The third kappa shape index (κ3) is 5.31. The highest BCUT2D eigenvalue weighted by atomic mass is 32.2. The molecule has 11 heteroatoms. The Morgan fingerprint density at radius 3 is 2.31 bits per heavy atom. The van der Waals surface area contributed by atoms with Gasteiger partial charge in [0.1, 0.15) is 5.75 Å². The molecule has 0 bridgehead atoms. The highest BCUT2D eigenvalue weighted by molar-refractivity contribution is 7.89. The van der Waals surface area contributed by atoms with Crippen molar-refractivity contribution in [1.82, 2.24) is 24.9 Å². The number of aryl methyl sites for hydroxylation is 1. The van der Waals surface area contributed by atoms with E-state index in [2.05, 4.69) is 16.0 Å². The van der Waals surface area contributed by atoms with Crippen molar-refractivity contribution >= 4 is 21.8 Å². The molecular weight excluding hydrogens is 434 g/mol. The first-order valence-corrected chi connectivity index (χ1v) is 11.0. The summed E-state index contributed by atoms with van der Waals surface area (Å²) >= 11 is 0. The average Bonchev–Trinajstić information content (AvgIpc) is 3.28. The number of rotatable bonds is 7. The second-order valence-corrected chi connectivity index (χ2v) is 8.96. The molecule has 168 valence electrons. The molecule has 0 aliphatic heterocycles. The fourth-order valence-corrected chi connectivity index (χ4v) is 3.86. The molecule has 0 aliphatic rings. The van der Waals surface area contributed by atoms with Gasteiger partial charge in [-0.1, -0.05) is 17.7 Å². The number of aromatic nitrogens is 2. The molecule has 0 spiro atoms. The molecule has 0 aliphatic carbocycles. The number of hydrogen-bond donors (Lipinski definition) is 2. The van der Waals surface area contributed by atoms with Crippen LogP contribution >= 0.6 is 0 Å². The van der Waals surface area contributed by atoms with Crippen molar-refractivity contribution in [1.29, 1.82) is 0 Å². The van der Waals surface area contributed by atoms with Crippen LogP contribution in [0.4, 0.5) is 0 Å². The first-order valence-electron chi connectivity index (χ1n) is 9.53. The number of methoxy groups -OCH3 is 1. The van der Waals surface area contributed by atoms with Crippen molar-refractivity contribution in [2.24, 2.45) is 0 Å². The summed E-state index contributed by atoms with van der Waals surface area (Å²) in [6.45, 7) is 1.37. The van der Waals surface area contributed by atoms with Crippen LogP contribution < -0.4 is 15.6 Å². The molecule has 0 atom stereocenters. The van der Waals surface area contributed by atoms with E-state index >= 15 is 0 Å². The van der Waals surface area contributed by atoms with E-state index < -0.39 is 28.4 Å². The number of nitrogens with one attached hydrogen (secondary N) is 2. The van der Waals surface area contributed by atoms with Crippen LogP contribution in [-0.2, 0) is 14.8 Å². The van der Waals surface area contributed by atoms with Crippen LogP contribution in [0.3, 0.4) is 0 Å². The Balaban J connectivity index is 1.56. The maximum absolute atomic E-state index is 12.6. The number of amides is 2. The Morgan fingerprint density at radius 1 is 1.03 bits per heavy atom. The summed E-state index contributed by atoms with van der Waals surface area (Å²) < 4.78 is 32.6. The molecule has 0 radical (unpaired) electrons. The lowest BCUT2D eigenvalue weighted by Crippen LogP contribution is -2.46. The van der Waals surface area contributed by atoms with E-state index in [0.29, 0.717) is 5.75 Å². The second kappa shape index (κ2) is 9.62. The van der Waals surface area contributed by atoms with Gasteiger partial charge in [-0.25, -0.2) is 13.1 Å². The van der Waals surface area contributed by atoms with Gasteiger partial charge in [0.15, 0.2) is 5.69 Å². The average molecular weight is 458 g/mol. The molecule has 3 aromatic rings. The standard InChI is InChI=1S/C21H23N5O5S/c1-15-4-10-18(11-5-15)32(29,30)25(2)14-20(27)22-23-21(28)19-12-13-26(24-19)16-6-8-17(31-3)9-7-16/h4-13H,14H2,1-3H3,(H,22,27)(H,23,28). The molecule has 2 amide bonds. The second-order valence-electron chi connectivity index (χ2n) is 6.92. The highest BCUT2D eigenvalue weighted by Gasteiger charge is 2.23. The summed E-state index contributed by atoms with van der Waals surface area (Å²) in [4.78, 5) is 24.5. The molecule has 1 heterocycles. The Labute approximate surface area is 185 Å². The van der Waals surface area contributed by atoms with Crippen LogP contribution in [0.2, 0.25) is 0 Å². The van der Waals surface area contributed by atoms with Gasteiger partial charge in [-0.15, -0.1) is 0 Å². The van der Waals surface area contributed by atoms with Crippen molar-refractivity contribution < 1.29 is 22.7 Å². The summed E-state index contributed by atoms with van der Waals surface area (Å²) in [7, 11) is -0.989. The van der Waals surface area contributed by atoms with Gasteiger partial charge < -0.3 is 4.74 Å². The number of benzene rings is 2. The van der Waals surface area contributed by atoms with Gasteiger partial charge in [-0.2, -0.15) is 9.40 Å². The largest absolute Gasteiger partial charge is 0.497 e. The summed E-state index contributed by atoms with van der Waals surface area (Å²) in [5.41, 5.74) is 6.14. The fraction of sp³-hybridized carbons (Fsp3) is 0.190. The van der Waals surface area contributed by atoms with Gasteiger partial charge in [0, 0.05) is 13.2 Å². The van der Waals surface area contributed by atoms with E-state index in [-0.39, 0.29) is 10.6 Å². The smallest absolute Gasteiger partial charge is 0.290 e. The predicted octanol–water partition coefficient (Wildman–Crippen LogP) is 1.27. The van der Waals surface area contributed by atoms with Gasteiger partial charge in [-0.3, -0.25) is 20.4 Å². The molecule has 0 saturated carbocycles. The van der Waals surface area contributed by atoms with Gasteiger partial charge >= 0.3 is 0 Å². The zero-order chi connectivity index (χ0) is 23.3. The Hall–Kier alpha value is -3.70. The quantitative estimate of drug-likeness (QED) is 0.515. The summed E-state index contributed by atoms with van der Waals surface area (Å²) in [5.74, 6) is -0.656. The summed E-state index contributed by atoms with van der Waals surface area (Å²) in [6, 6.07) is 14.9. The van der Waals surface area contributed by atoms with E-state index in [0.717, 1.165) is 15.6 Å². The van der Waals surface area contributed by atoms with E-state index in [9.17, 15) is 18.0 Å². The van der Waals surface area contributed by atoms with Crippen LogP contribution in [0.25, 0.3) is 5.69 Å². The molecule has 2 aromatic carbocycles. The van der Waals surface area contributed by atoms with Crippen molar-refractivity contribution in [2.75, 3.05) is 20.7 Å². The SMILES string of the molecule is COc1ccc(-n2ccc(C(=O)NNC(=O)CN(C)S(=O)(=O)c3ccc(C)cc3)n2)cc1. The Morgan fingerprint density at radius 2 is 1.69 bits per heavy atom. The van der Waals surface area contributed by atoms with Crippen LogP contribution in [-0.4, -0.2) is 55.0 Å². The lowest BCUT2D eigenvalue weighted by Gasteiger charge is -2.17. The van der Waals surface area contributed by atoms with E-state index in [1.54, 1.807) is 49.7 Å². The van der Waals surface area contributed by atoms with Crippen LogP contribution in [0.1, 0.15) is 16.1 Å². The molecule has 0 fully saturated rings. The van der Waals surface area contributed by atoms with E-state index in [1.807, 2.05) is 6.92 Å². The summed E-state index contributed by atoms with van der Waals surface area (Å²) in [6.07, 6.45) is 1.60. The third-order valence-corrected chi connectivity index (χ3v) is 6.39. The molecule has 10 nitrogen and oxygen atoms in total. The molecular formula is C21H23N5O5S. The van der Waals surface area contributed by atoms with E-state index in [4.69, 9.17) is 4.74 Å². The first-order chi connectivity index (χ1) is 15.2. The molecule has 1 aromatic heterocycles. The number of hydrazine groups is 1. The number of hydrogen-bond acceptors (Lipinski definition) is 6. The van der Waals surface area contributed by atoms with Gasteiger partial charge in [0.2, 0.25) is 10.0 Å². The lowest BCUT2D eigenvalue weighted by molar-refractivity contribution is -0.121. The van der Waals surface area contributed by atoms with Crippen LogP contribution in [0.5, 0.6) is 5.75 Å². The number of carbonyl (C=O) groups is 2. The maximum Gasteiger partial charge on any atom is 0.290 e. The number of sulfonamides is 1. The minimum absolute atomic E-state index is 0.0711. The van der Waals surface area contributed by atoms with Crippen molar-refractivity contribution in [3.63, 3.8) is 0 Å². The van der Waals surface area contributed by atoms with E-state index in [1.165, 1.54) is 29.9 Å². The summed E-state index contributed by atoms with van der Waals surface area (Å²) in [5, 5.41) is 4.17. The number of nitrogens with zero attached hydrogens (tertiary/aromatic N) is 3. The fourth-order valence-electron chi connectivity index (χ4n) is 2.73. The molecule has 0 unspecified atom stereocenters. The molecule has 2 N–H and O–H groups in total. The minimum Gasteiger partial charge on any atom is -0.497 e. The zero-order valence-corrected chi connectivity index (χ0v) is 18.6. The first kappa shape index (κ1) is 23.0. The molecule has 0 saturated heterocycles. The number of likely N-dealkylation sites (N-methyl/N-ethyl adjacent to an activating group) is 1. The van der Waals surface area contributed by atoms with Gasteiger partial charge in [0.25, 0.3) is 11.8 Å². The maximum atomic E-state index is 12.6. The van der Waals surface area contributed by atoms with Crippen LogP contribution in [0, 0.1) is 6.92 Å². The van der Waals surface area contributed by atoms with Crippen molar-refractivity contribution in [3.8, 4) is 11.4 Å². The van der Waals surface area contributed by atoms with Crippen molar-refractivity contribution in [3.05, 3.63) is 72.1 Å². The topological polar surface area (TPSA) is 123 Å². The minimum atomic E-state index is -3.84. The zero-order valence-electron chi connectivity index (χ0n) is 17.8. The van der Waals surface area contributed by atoms with Crippen molar-refractivity contribution in [2.45, 2.75) is 11.8 Å². The lowest BCUT2D eigenvalue weighted by atomic mass is 10.2. The number of carbonyl (C=O) groups excluding carboxylic acids is 2. The number of ether oxygens (including phenoxy) is 1.